The number of carboxylic acid groups (broad SMARTS) is 1. The molecule has 0 aliphatic heterocycles. The van der Waals surface area contributed by atoms with Crippen LogP contribution in [0.3, 0.4) is 0 Å². The van der Waals surface area contributed by atoms with Crippen molar-refractivity contribution in [3.8, 4) is 0 Å². The monoisotopic (exact) mass is 457 g/mol. The van der Waals surface area contributed by atoms with Crippen LogP contribution in [0, 0.1) is 7.14 Å². The van der Waals surface area contributed by atoms with Crippen LogP contribution < -0.4 is 5.11 Å². The molecule has 0 saturated carbocycles. The summed E-state index contributed by atoms with van der Waals surface area (Å²) >= 11 is 8.52. The van der Waals surface area contributed by atoms with E-state index in [0.717, 1.165) is 10.9 Å². The van der Waals surface area contributed by atoms with Crippen molar-refractivity contribution in [3.63, 3.8) is 0 Å². The molecule has 0 unspecified atom stereocenters. The van der Waals surface area contributed by atoms with Gasteiger partial charge in [-0.15, -0.1) is 11.3 Å². The average Bonchev–Trinajstić information content (AvgIpc) is 2.17. The molecule has 6 heteroatoms. The van der Waals surface area contributed by atoms with Crippen molar-refractivity contribution < 1.29 is 9.90 Å². The Kier molecular flexibility index (Phi) is 3.59. The topological polar surface area (TPSA) is 40.1 Å². The fourth-order valence-corrected chi connectivity index (χ4v) is 3.98. The molecule has 2 nitrogen and oxygen atoms in total. The summed E-state index contributed by atoms with van der Waals surface area (Å²) in [7, 11) is 0. The highest BCUT2D eigenvalue weighted by molar-refractivity contribution is 14.1. The van der Waals surface area contributed by atoms with Crippen LogP contribution in [0.25, 0.3) is 0 Å². The lowest BCUT2D eigenvalue weighted by molar-refractivity contribution is -0.254. The number of carbonyl (C=O) groups is 1. The molecule has 0 atom stereocenters. The van der Waals surface area contributed by atoms with Gasteiger partial charge in [-0.1, -0.05) is 0 Å². The Morgan fingerprint density at radius 3 is 2.18 bits per heavy atom. The Morgan fingerprint density at radius 1 is 1.45 bits per heavy atom. The van der Waals surface area contributed by atoms with Gasteiger partial charge < -0.3 is 9.90 Å². The van der Waals surface area contributed by atoms with Crippen molar-refractivity contribution >= 4 is 78.4 Å². The van der Waals surface area contributed by atoms with E-state index in [1.807, 2.05) is 22.6 Å². The van der Waals surface area contributed by atoms with Gasteiger partial charge in [0, 0.05) is 3.57 Å². The lowest BCUT2D eigenvalue weighted by Gasteiger charge is -1.96. The fourth-order valence-electron chi connectivity index (χ4n) is 0.496. The lowest BCUT2D eigenvalue weighted by Crippen LogP contribution is -2.21. The molecule has 0 bridgehead atoms. The Labute approximate surface area is 103 Å². The van der Waals surface area contributed by atoms with Crippen LogP contribution in [0.1, 0.15) is 9.67 Å². The van der Waals surface area contributed by atoms with Gasteiger partial charge in [0.15, 0.2) is 0 Å². The second kappa shape index (κ2) is 3.88. The molecular formula is C5BrI2O2S-. The standard InChI is InChI=1S/C5HBrI2O2S/c6-4-2(8)1(7)3(11-4)5(9)10/h(H,9,10)/p-1. The quantitative estimate of drug-likeness (QED) is 0.606. The number of hydrogen-bond donors (Lipinski definition) is 0. The lowest BCUT2D eigenvalue weighted by atomic mass is 10.5. The van der Waals surface area contributed by atoms with E-state index >= 15 is 0 Å². The maximum absolute atomic E-state index is 10.5. The molecule has 1 heterocycles. The first-order chi connectivity index (χ1) is 5.04. The molecule has 0 amide bonds. The van der Waals surface area contributed by atoms with Gasteiger partial charge >= 0.3 is 0 Å². The largest absolute Gasteiger partial charge is 0.544 e. The van der Waals surface area contributed by atoms with Crippen LogP contribution in [0.15, 0.2) is 3.79 Å². The zero-order valence-electron chi connectivity index (χ0n) is 4.86. The predicted octanol–water partition coefficient (Wildman–Crippen LogP) is 2.08. The van der Waals surface area contributed by atoms with Gasteiger partial charge in [0.1, 0.15) is 0 Å². The van der Waals surface area contributed by atoms with E-state index in [1.54, 1.807) is 0 Å². The first kappa shape index (κ1) is 10.2. The van der Waals surface area contributed by atoms with Crippen molar-refractivity contribution in [1.29, 1.82) is 0 Å². The maximum atomic E-state index is 10.5. The molecule has 1 aromatic rings. The van der Waals surface area contributed by atoms with E-state index < -0.39 is 5.97 Å². The van der Waals surface area contributed by atoms with Crippen molar-refractivity contribution in [2.24, 2.45) is 0 Å². The molecule has 0 fully saturated rings. The number of carbonyl (C=O) groups excluding carboxylic acids is 1. The third-order valence-corrected chi connectivity index (χ3v) is 7.44. The highest BCUT2D eigenvalue weighted by atomic mass is 127. The van der Waals surface area contributed by atoms with E-state index in [4.69, 9.17) is 0 Å². The third kappa shape index (κ3) is 2.07. The highest BCUT2D eigenvalue weighted by Gasteiger charge is 2.12. The van der Waals surface area contributed by atoms with Crippen LogP contribution in [0.4, 0.5) is 0 Å². The molecular weight excluding hydrogens is 458 g/mol. The molecule has 1 aromatic heterocycles. The second-order valence-corrected chi connectivity index (χ2v) is 6.12. The van der Waals surface area contributed by atoms with Crippen LogP contribution in [-0.4, -0.2) is 5.97 Å². The minimum absolute atomic E-state index is 0.293. The van der Waals surface area contributed by atoms with Crippen molar-refractivity contribution in [2.75, 3.05) is 0 Å². The van der Waals surface area contributed by atoms with Gasteiger partial charge in [-0.25, -0.2) is 0 Å². The Bertz CT molecular complexity index is 310. The molecule has 0 aromatic carbocycles. The first-order valence-electron chi connectivity index (χ1n) is 2.38. The first-order valence-corrected chi connectivity index (χ1v) is 6.15. The summed E-state index contributed by atoms with van der Waals surface area (Å²) < 4.78 is 2.54. The van der Waals surface area contributed by atoms with Crippen LogP contribution in [0.5, 0.6) is 0 Å². The van der Waals surface area contributed by atoms with E-state index in [2.05, 4.69) is 38.5 Å². The summed E-state index contributed by atoms with van der Waals surface area (Å²) in [5.74, 6) is -1.11. The molecule has 11 heavy (non-hydrogen) atoms. The molecule has 1 rings (SSSR count). The molecule has 0 aliphatic rings. The molecule has 0 aliphatic carbocycles. The maximum Gasteiger partial charge on any atom is 0.0849 e. The molecule has 60 valence electrons. The Morgan fingerprint density at radius 2 is 2.00 bits per heavy atom. The summed E-state index contributed by atoms with van der Waals surface area (Å²) in [6.07, 6.45) is 0. The van der Waals surface area contributed by atoms with Crippen molar-refractivity contribution in [1.82, 2.24) is 0 Å². The summed E-state index contributed by atoms with van der Waals surface area (Å²) in [6.45, 7) is 0. The zero-order valence-corrected chi connectivity index (χ0v) is 11.6. The third-order valence-electron chi connectivity index (χ3n) is 0.942. The Balaban J connectivity index is 3.29. The Hall–Kier alpha value is 1.11. The number of aromatic carboxylic acids is 1. The van der Waals surface area contributed by atoms with Crippen molar-refractivity contribution in [3.05, 3.63) is 15.8 Å². The van der Waals surface area contributed by atoms with Crippen molar-refractivity contribution in [2.45, 2.75) is 0 Å². The SMILES string of the molecule is O=C([O-])c1sc(Br)c(I)c1I. The number of halogens is 3. The smallest absolute Gasteiger partial charge is 0.0849 e. The number of rotatable bonds is 1. The van der Waals surface area contributed by atoms with E-state index in [-0.39, 0.29) is 0 Å². The van der Waals surface area contributed by atoms with Crippen LogP contribution in [0.2, 0.25) is 0 Å². The van der Waals surface area contributed by atoms with E-state index in [9.17, 15) is 9.90 Å². The van der Waals surface area contributed by atoms with Crippen LogP contribution >= 0.6 is 72.4 Å². The predicted molar refractivity (Wildman–Crippen MR) is 61.8 cm³/mol. The molecule has 0 spiro atoms. The van der Waals surface area contributed by atoms with Gasteiger partial charge in [0.05, 0.1) is 18.2 Å². The summed E-state index contributed by atoms with van der Waals surface area (Å²) in [6, 6.07) is 0. The fraction of sp³-hybridized carbons (Fsp3) is 0. The number of hydrogen-bond acceptors (Lipinski definition) is 3. The molecule has 0 N–H and O–H groups in total. The summed E-state index contributed by atoms with van der Waals surface area (Å²) in [4.78, 5) is 10.8. The highest BCUT2D eigenvalue weighted by Crippen LogP contribution is 2.34. The van der Waals surface area contributed by atoms with E-state index in [0.29, 0.717) is 4.88 Å². The zero-order chi connectivity index (χ0) is 8.59. The summed E-state index contributed by atoms with van der Waals surface area (Å²) in [5, 5.41) is 10.5. The molecule has 0 saturated heterocycles. The van der Waals surface area contributed by atoms with E-state index in [1.165, 1.54) is 11.3 Å². The van der Waals surface area contributed by atoms with Gasteiger partial charge in [-0.05, 0) is 61.1 Å². The van der Waals surface area contributed by atoms with Gasteiger partial charge in [0.2, 0.25) is 0 Å². The van der Waals surface area contributed by atoms with Gasteiger partial charge in [-0.3, -0.25) is 0 Å². The average molecular weight is 458 g/mol. The minimum atomic E-state index is -1.11. The normalized spacial score (nSPS) is 10.1. The molecule has 0 radical (unpaired) electrons. The number of thiophene rings is 1. The summed E-state index contributed by atoms with van der Waals surface area (Å²) in [5.41, 5.74) is 0. The minimum Gasteiger partial charge on any atom is -0.544 e. The van der Waals surface area contributed by atoms with Crippen LogP contribution in [-0.2, 0) is 0 Å². The van der Waals surface area contributed by atoms with Gasteiger partial charge in [-0.2, -0.15) is 0 Å². The number of carboxylic acids is 1. The second-order valence-electron chi connectivity index (χ2n) is 1.62. The van der Waals surface area contributed by atoms with Gasteiger partial charge in [0.25, 0.3) is 0 Å².